The number of benzene rings is 2. The first kappa shape index (κ1) is 23.2. The maximum Gasteiger partial charge on any atom is 0.416 e. The van der Waals surface area contributed by atoms with Crippen molar-refractivity contribution in [1.29, 1.82) is 0 Å². The van der Waals surface area contributed by atoms with Crippen molar-refractivity contribution in [2.24, 2.45) is 0 Å². The largest absolute Gasteiger partial charge is 0.416 e. The molecule has 0 radical (unpaired) electrons. The molecular formula is C20H20BrF3N2O2S2. The summed E-state index contributed by atoms with van der Waals surface area (Å²) < 4.78 is 68.4. The van der Waals surface area contributed by atoms with E-state index in [9.17, 15) is 21.6 Å². The molecule has 0 fully saturated rings. The van der Waals surface area contributed by atoms with Gasteiger partial charge in [0.2, 0.25) is 0 Å². The van der Waals surface area contributed by atoms with Crippen LogP contribution >= 0.6 is 27.7 Å². The lowest BCUT2D eigenvalue weighted by molar-refractivity contribution is -0.137. The van der Waals surface area contributed by atoms with E-state index >= 15 is 0 Å². The molecule has 3 aromatic rings. The number of fused-ring (bicyclic) bond motifs is 1. The summed E-state index contributed by atoms with van der Waals surface area (Å²) in [6.45, 7) is 2.33. The molecule has 0 amide bonds. The van der Waals surface area contributed by atoms with Crippen LogP contribution in [0.1, 0.15) is 11.3 Å². The molecule has 0 spiro atoms. The molecule has 0 saturated heterocycles. The minimum Gasteiger partial charge on any atom is -0.309 e. The zero-order valence-corrected chi connectivity index (χ0v) is 19.7. The van der Waals surface area contributed by atoms with Crippen molar-refractivity contribution in [3.8, 4) is 0 Å². The Bertz CT molecular complexity index is 1190. The number of aromatic nitrogens is 1. The molecule has 1 aromatic heterocycles. The summed E-state index contributed by atoms with van der Waals surface area (Å²) >= 11 is 4.62. The summed E-state index contributed by atoms with van der Waals surface area (Å²) in [5.41, 5.74) is -0.188. The molecule has 0 aliphatic carbocycles. The summed E-state index contributed by atoms with van der Waals surface area (Å²) in [6.07, 6.45) is -4.52. The SMILES string of the molecule is Cc1c(SCCN(C)C)c2cc(C(F)(F)F)ccc2n1S(=O)(=O)c1ccccc1Br. The van der Waals surface area contributed by atoms with Crippen LogP contribution in [-0.2, 0) is 16.2 Å². The highest BCUT2D eigenvalue weighted by atomic mass is 79.9. The first-order chi connectivity index (χ1) is 13.9. The minimum absolute atomic E-state index is 0.0507. The Morgan fingerprint density at radius 3 is 2.40 bits per heavy atom. The van der Waals surface area contributed by atoms with Gasteiger partial charge in [-0.1, -0.05) is 12.1 Å². The molecule has 2 aromatic carbocycles. The average Bonchev–Trinajstić information content (AvgIpc) is 2.92. The second kappa shape index (κ2) is 8.57. The lowest BCUT2D eigenvalue weighted by Gasteiger charge is -2.12. The first-order valence-electron chi connectivity index (χ1n) is 8.94. The number of alkyl halides is 3. The fourth-order valence-corrected chi connectivity index (χ4v) is 6.98. The number of thioether (sulfide) groups is 1. The van der Waals surface area contributed by atoms with Crippen molar-refractivity contribution in [1.82, 2.24) is 8.87 Å². The smallest absolute Gasteiger partial charge is 0.309 e. The highest BCUT2D eigenvalue weighted by Gasteiger charge is 2.33. The summed E-state index contributed by atoms with van der Waals surface area (Å²) in [5, 5.41) is 0.279. The van der Waals surface area contributed by atoms with E-state index in [4.69, 9.17) is 0 Å². The van der Waals surface area contributed by atoms with E-state index in [0.29, 0.717) is 27.4 Å². The van der Waals surface area contributed by atoms with Crippen LogP contribution in [0.2, 0.25) is 0 Å². The fraction of sp³-hybridized carbons (Fsp3) is 0.300. The van der Waals surface area contributed by atoms with E-state index in [1.807, 2.05) is 19.0 Å². The van der Waals surface area contributed by atoms with Crippen LogP contribution in [0.5, 0.6) is 0 Å². The quantitative estimate of drug-likeness (QED) is 0.395. The lowest BCUT2D eigenvalue weighted by Crippen LogP contribution is -2.15. The molecule has 0 bridgehead atoms. The molecule has 0 aliphatic rings. The van der Waals surface area contributed by atoms with Gasteiger partial charge in [0.15, 0.2) is 0 Å². The van der Waals surface area contributed by atoms with Crippen LogP contribution in [0, 0.1) is 6.92 Å². The topological polar surface area (TPSA) is 42.3 Å². The Morgan fingerprint density at radius 1 is 1.13 bits per heavy atom. The molecular weight excluding hydrogens is 501 g/mol. The number of hydrogen-bond donors (Lipinski definition) is 0. The zero-order chi connectivity index (χ0) is 22.3. The van der Waals surface area contributed by atoms with E-state index in [2.05, 4.69) is 15.9 Å². The van der Waals surface area contributed by atoms with Crippen molar-refractivity contribution in [3.05, 3.63) is 58.2 Å². The summed E-state index contributed by atoms with van der Waals surface area (Å²) in [7, 11) is -0.234. The fourth-order valence-electron chi connectivity index (χ4n) is 3.11. The zero-order valence-electron chi connectivity index (χ0n) is 16.5. The molecule has 4 nitrogen and oxygen atoms in total. The second-order valence-corrected chi connectivity index (χ2v) is 10.7. The van der Waals surface area contributed by atoms with Crippen LogP contribution in [0.4, 0.5) is 13.2 Å². The third-order valence-corrected chi connectivity index (χ3v) is 8.57. The first-order valence-corrected chi connectivity index (χ1v) is 12.2. The van der Waals surface area contributed by atoms with Gasteiger partial charge in [0.05, 0.1) is 11.1 Å². The number of rotatable bonds is 6. The Hall–Kier alpha value is -1.49. The molecule has 0 atom stereocenters. The van der Waals surface area contributed by atoms with Crippen molar-refractivity contribution < 1.29 is 21.6 Å². The molecule has 3 rings (SSSR count). The van der Waals surface area contributed by atoms with Crippen LogP contribution in [0.3, 0.4) is 0 Å². The maximum absolute atomic E-state index is 13.5. The van der Waals surface area contributed by atoms with Gasteiger partial charge >= 0.3 is 6.18 Å². The molecule has 1 heterocycles. The normalized spacial score (nSPS) is 12.8. The highest BCUT2D eigenvalue weighted by Crippen LogP contribution is 2.40. The van der Waals surface area contributed by atoms with Crippen molar-refractivity contribution in [3.63, 3.8) is 0 Å². The standard InChI is InChI=1S/C20H20BrF3N2O2S2/c1-13-19(29-11-10-25(2)3)15-12-14(20(22,23)24)8-9-17(15)26(13)30(27,28)18-7-5-4-6-16(18)21/h4-9,12H,10-11H2,1-3H3. The molecule has 10 heteroatoms. The van der Waals surface area contributed by atoms with E-state index in [0.717, 1.165) is 16.1 Å². The van der Waals surface area contributed by atoms with Crippen LogP contribution < -0.4 is 0 Å². The van der Waals surface area contributed by atoms with Gasteiger partial charge in [-0.15, -0.1) is 11.8 Å². The van der Waals surface area contributed by atoms with Crippen LogP contribution in [-0.4, -0.2) is 43.7 Å². The molecule has 0 saturated carbocycles. The van der Waals surface area contributed by atoms with E-state index < -0.39 is 21.8 Å². The van der Waals surface area contributed by atoms with Gasteiger partial charge in [-0.2, -0.15) is 13.2 Å². The van der Waals surface area contributed by atoms with Gasteiger partial charge in [-0.25, -0.2) is 12.4 Å². The maximum atomic E-state index is 13.5. The van der Waals surface area contributed by atoms with Crippen molar-refractivity contribution in [2.45, 2.75) is 22.9 Å². The molecule has 0 aliphatic heterocycles. The third-order valence-electron chi connectivity index (χ3n) is 4.56. The molecule has 30 heavy (non-hydrogen) atoms. The number of halogens is 4. The van der Waals surface area contributed by atoms with Gasteiger partial charge in [0.25, 0.3) is 10.0 Å². The predicted molar refractivity (Wildman–Crippen MR) is 118 cm³/mol. The van der Waals surface area contributed by atoms with E-state index in [1.165, 1.54) is 23.9 Å². The number of hydrogen-bond acceptors (Lipinski definition) is 4. The average molecular weight is 521 g/mol. The van der Waals surface area contributed by atoms with Gasteiger partial charge in [-0.3, -0.25) is 0 Å². The minimum atomic E-state index is -4.52. The Labute approximate surface area is 186 Å². The summed E-state index contributed by atoms with van der Waals surface area (Å²) in [6, 6.07) is 9.56. The van der Waals surface area contributed by atoms with E-state index in [-0.39, 0.29) is 15.8 Å². The molecule has 0 unspecified atom stereocenters. The predicted octanol–water partition coefficient (Wildman–Crippen LogP) is 5.62. The van der Waals surface area contributed by atoms with E-state index in [1.54, 1.807) is 25.1 Å². The third kappa shape index (κ3) is 4.42. The van der Waals surface area contributed by atoms with Crippen LogP contribution in [0.15, 0.2) is 56.7 Å². The Morgan fingerprint density at radius 2 is 1.80 bits per heavy atom. The summed E-state index contributed by atoms with van der Waals surface area (Å²) in [4.78, 5) is 2.55. The Kier molecular flexibility index (Phi) is 6.62. The van der Waals surface area contributed by atoms with Gasteiger partial charge < -0.3 is 4.90 Å². The van der Waals surface area contributed by atoms with Gasteiger partial charge in [-0.05, 0) is 67.3 Å². The molecule has 162 valence electrons. The lowest BCUT2D eigenvalue weighted by atomic mass is 10.1. The van der Waals surface area contributed by atoms with Gasteiger partial charge in [0, 0.05) is 32.7 Å². The van der Waals surface area contributed by atoms with Gasteiger partial charge in [0.1, 0.15) is 4.90 Å². The van der Waals surface area contributed by atoms with Crippen molar-refractivity contribution in [2.75, 3.05) is 26.4 Å². The van der Waals surface area contributed by atoms with Crippen LogP contribution in [0.25, 0.3) is 10.9 Å². The monoisotopic (exact) mass is 520 g/mol. The Balaban J connectivity index is 2.27. The van der Waals surface area contributed by atoms with Crippen molar-refractivity contribution >= 4 is 48.6 Å². The highest BCUT2D eigenvalue weighted by molar-refractivity contribution is 9.10. The second-order valence-electron chi connectivity index (χ2n) is 7.00. The molecule has 0 N–H and O–H groups in total. The summed E-state index contributed by atoms with van der Waals surface area (Å²) in [5.74, 6) is 0.609. The number of nitrogens with zero attached hydrogens (tertiary/aromatic N) is 2.